The number of carboxylic acid groups (broad SMARTS) is 1. The fraction of sp³-hybridized carbons (Fsp3) is 0.200. The Labute approximate surface area is 214 Å². The van der Waals surface area contributed by atoms with Gasteiger partial charge in [0.1, 0.15) is 20.0 Å². The molecular weight excluding hydrogens is 500 g/mol. The third kappa shape index (κ3) is 3.71. The summed E-state index contributed by atoms with van der Waals surface area (Å²) in [5.74, 6) is -0.682. The van der Waals surface area contributed by atoms with Crippen LogP contribution in [0.15, 0.2) is 57.3 Å². The van der Waals surface area contributed by atoms with E-state index in [2.05, 4.69) is 5.10 Å². The van der Waals surface area contributed by atoms with Gasteiger partial charge in [-0.3, -0.25) is 14.2 Å². The van der Waals surface area contributed by atoms with Gasteiger partial charge in [-0.2, -0.15) is 10.1 Å². The zero-order chi connectivity index (χ0) is 25.7. The Kier molecular flexibility index (Phi) is 5.97. The number of hydrogen-bond donors (Lipinski definition) is 1. The van der Waals surface area contributed by atoms with E-state index in [0.717, 1.165) is 21.4 Å². The Bertz CT molecular complexity index is 1640. The van der Waals surface area contributed by atoms with E-state index in [-0.39, 0.29) is 17.0 Å². The lowest BCUT2D eigenvalue weighted by Crippen LogP contribution is -2.35. The Balaban J connectivity index is 1.65. The van der Waals surface area contributed by atoms with Crippen LogP contribution >= 0.6 is 23.1 Å². The number of carbonyl (C=O) groups is 2. The summed E-state index contributed by atoms with van der Waals surface area (Å²) in [5, 5.41) is 15.6. The maximum absolute atomic E-state index is 13.5. The van der Waals surface area contributed by atoms with Crippen LogP contribution < -0.4 is 29.4 Å². The van der Waals surface area contributed by atoms with Crippen molar-refractivity contribution in [1.29, 1.82) is 0 Å². The summed E-state index contributed by atoms with van der Waals surface area (Å²) < 4.78 is 8.05. The molecule has 11 heteroatoms. The second kappa shape index (κ2) is 8.99. The SMILES string of the molecule is CCn1c(=O)/c(=C2/Sc3ccc(OC)cc3N2C)s/c1=C1/C(=O)N(c2ccc(C(=O)O)cc2)N=C1C. The topological polar surface area (TPSA) is 104 Å². The first kappa shape index (κ1) is 23.9. The monoisotopic (exact) mass is 522 g/mol. The van der Waals surface area contributed by atoms with Gasteiger partial charge in [0.2, 0.25) is 0 Å². The predicted molar refractivity (Wildman–Crippen MR) is 142 cm³/mol. The summed E-state index contributed by atoms with van der Waals surface area (Å²) in [5.41, 5.74) is 2.20. The number of aromatic nitrogens is 1. The van der Waals surface area contributed by atoms with Gasteiger partial charge in [-0.15, -0.1) is 11.3 Å². The van der Waals surface area contributed by atoms with Crippen molar-refractivity contribution in [2.24, 2.45) is 5.10 Å². The van der Waals surface area contributed by atoms with Crippen molar-refractivity contribution in [1.82, 2.24) is 4.57 Å². The number of rotatable bonds is 4. The number of carbonyl (C=O) groups excluding carboxylic acids is 1. The third-order valence-electron chi connectivity index (χ3n) is 6.02. The smallest absolute Gasteiger partial charge is 0.335 e. The second-order valence-electron chi connectivity index (χ2n) is 8.12. The van der Waals surface area contributed by atoms with Gasteiger partial charge in [0, 0.05) is 24.6 Å². The standard InChI is InChI=1S/C25H22N4O5S2/c1-5-28-22(31)20(24-27(3)17-12-16(34-4)10-11-18(17)35-24)36-23(28)19-13(2)26-29(21(19)30)15-8-6-14(7-9-15)25(32)33/h6-12H,5H2,1-4H3,(H,32,33)/b23-19+,24-20-. The molecule has 3 heterocycles. The first-order valence-electron chi connectivity index (χ1n) is 11.1. The lowest BCUT2D eigenvalue weighted by Gasteiger charge is -2.13. The number of hydrazone groups is 1. The average molecular weight is 523 g/mol. The van der Waals surface area contributed by atoms with E-state index in [0.29, 0.717) is 32.7 Å². The van der Waals surface area contributed by atoms with Gasteiger partial charge in [-0.25, -0.2) is 4.79 Å². The van der Waals surface area contributed by atoms with E-state index in [1.54, 1.807) is 30.7 Å². The van der Waals surface area contributed by atoms with Crippen molar-refractivity contribution < 1.29 is 19.4 Å². The average Bonchev–Trinajstić information content (AvgIpc) is 3.48. The lowest BCUT2D eigenvalue weighted by atomic mass is 10.2. The number of anilines is 2. The first-order chi connectivity index (χ1) is 17.2. The number of nitrogens with zero attached hydrogens (tertiary/aromatic N) is 4. The van der Waals surface area contributed by atoms with Crippen LogP contribution in [-0.4, -0.2) is 41.4 Å². The molecule has 5 rings (SSSR count). The van der Waals surface area contributed by atoms with Crippen molar-refractivity contribution in [3.63, 3.8) is 0 Å². The highest BCUT2D eigenvalue weighted by molar-refractivity contribution is 8.08. The molecular formula is C25H22N4O5S2. The molecule has 0 saturated carbocycles. The predicted octanol–water partition coefficient (Wildman–Crippen LogP) is 2.52. The maximum Gasteiger partial charge on any atom is 0.335 e. The summed E-state index contributed by atoms with van der Waals surface area (Å²) in [6.07, 6.45) is 0. The minimum Gasteiger partial charge on any atom is -0.497 e. The number of thiazole rings is 1. The van der Waals surface area contributed by atoms with E-state index < -0.39 is 5.97 Å². The van der Waals surface area contributed by atoms with Crippen LogP contribution in [0.2, 0.25) is 0 Å². The zero-order valence-electron chi connectivity index (χ0n) is 19.9. The second-order valence-corrected chi connectivity index (χ2v) is 10.1. The van der Waals surface area contributed by atoms with Crippen LogP contribution in [-0.2, 0) is 11.3 Å². The maximum atomic E-state index is 13.5. The molecule has 9 nitrogen and oxygen atoms in total. The Hall–Kier alpha value is -3.83. The molecule has 2 aromatic carbocycles. The van der Waals surface area contributed by atoms with Crippen LogP contribution in [0.3, 0.4) is 0 Å². The van der Waals surface area contributed by atoms with Gasteiger partial charge in [0.05, 0.1) is 35.3 Å². The lowest BCUT2D eigenvalue weighted by molar-refractivity contribution is -0.112. The zero-order valence-corrected chi connectivity index (χ0v) is 21.6. The molecule has 0 unspecified atom stereocenters. The molecule has 1 amide bonds. The Morgan fingerprint density at radius 2 is 1.86 bits per heavy atom. The molecule has 0 bridgehead atoms. The molecule has 184 valence electrons. The molecule has 1 N–H and O–H groups in total. The number of fused-ring (bicyclic) bond motifs is 1. The van der Waals surface area contributed by atoms with Gasteiger partial charge in [-0.05, 0) is 50.2 Å². The quantitative estimate of drug-likeness (QED) is 0.562. The summed E-state index contributed by atoms with van der Waals surface area (Å²) in [7, 11) is 3.52. The molecule has 0 fully saturated rings. The van der Waals surface area contributed by atoms with Crippen molar-refractivity contribution >= 4 is 62.7 Å². The fourth-order valence-corrected chi connectivity index (χ4v) is 6.73. The molecule has 0 spiro atoms. The highest BCUT2D eigenvalue weighted by atomic mass is 32.2. The summed E-state index contributed by atoms with van der Waals surface area (Å²) in [4.78, 5) is 41.1. The van der Waals surface area contributed by atoms with Crippen LogP contribution in [0.1, 0.15) is 24.2 Å². The molecule has 2 aliphatic heterocycles. The van der Waals surface area contributed by atoms with Crippen molar-refractivity contribution in [2.75, 3.05) is 24.1 Å². The minimum atomic E-state index is -1.05. The Morgan fingerprint density at radius 1 is 1.14 bits per heavy atom. The molecule has 3 aromatic rings. The molecule has 0 aliphatic carbocycles. The molecule has 36 heavy (non-hydrogen) atoms. The number of methoxy groups -OCH3 is 1. The molecule has 0 saturated heterocycles. The van der Waals surface area contributed by atoms with E-state index in [1.807, 2.05) is 37.1 Å². The van der Waals surface area contributed by atoms with Crippen LogP contribution in [0.25, 0.3) is 10.6 Å². The van der Waals surface area contributed by atoms with Crippen molar-refractivity contribution in [3.8, 4) is 5.75 Å². The van der Waals surface area contributed by atoms with Crippen LogP contribution in [0.4, 0.5) is 11.4 Å². The third-order valence-corrected chi connectivity index (χ3v) is 8.58. The van der Waals surface area contributed by atoms with E-state index >= 15 is 0 Å². The number of carboxylic acids is 1. The fourth-order valence-electron chi connectivity index (χ4n) is 4.14. The van der Waals surface area contributed by atoms with Gasteiger partial charge < -0.3 is 14.7 Å². The molecule has 0 atom stereocenters. The van der Waals surface area contributed by atoms with Crippen molar-refractivity contribution in [3.05, 3.63) is 67.6 Å². The summed E-state index contributed by atoms with van der Waals surface area (Å²) in [6.45, 7) is 3.99. The van der Waals surface area contributed by atoms with E-state index in [9.17, 15) is 14.4 Å². The molecule has 2 aliphatic rings. The van der Waals surface area contributed by atoms with E-state index in [1.165, 1.54) is 40.2 Å². The first-order valence-corrected chi connectivity index (χ1v) is 12.7. The number of aromatic carboxylic acids is 1. The Morgan fingerprint density at radius 3 is 2.50 bits per heavy atom. The highest BCUT2D eigenvalue weighted by Crippen LogP contribution is 2.46. The van der Waals surface area contributed by atoms with Crippen LogP contribution in [0, 0.1) is 0 Å². The van der Waals surface area contributed by atoms with Gasteiger partial charge >= 0.3 is 5.97 Å². The molecule has 0 radical (unpaired) electrons. The summed E-state index contributed by atoms with van der Waals surface area (Å²) >= 11 is 2.79. The van der Waals surface area contributed by atoms with Gasteiger partial charge in [0.15, 0.2) is 0 Å². The number of thioether (sulfide) groups is 1. The van der Waals surface area contributed by atoms with Crippen molar-refractivity contribution in [2.45, 2.75) is 25.3 Å². The number of ether oxygens (including phenoxy) is 1. The van der Waals surface area contributed by atoms with Crippen LogP contribution in [0.5, 0.6) is 5.75 Å². The number of benzene rings is 2. The van der Waals surface area contributed by atoms with Gasteiger partial charge in [-0.1, -0.05) is 11.8 Å². The molecule has 1 aromatic heterocycles. The summed E-state index contributed by atoms with van der Waals surface area (Å²) in [6, 6.07) is 11.7. The van der Waals surface area contributed by atoms with E-state index in [4.69, 9.17) is 9.84 Å². The number of amides is 1. The highest BCUT2D eigenvalue weighted by Gasteiger charge is 2.32. The number of hydrogen-bond acceptors (Lipinski definition) is 8. The minimum absolute atomic E-state index is 0.117. The normalized spacial score (nSPS) is 18.0. The largest absolute Gasteiger partial charge is 0.497 e. The van der Waals surface area contributed by atoms with Gasteiger partial charge in [0.25, 0.3) is 11.5 Å².